The van der Waals surface area contributed by atoms with E-state index in [4.69, 9.17) is 16.0 Å². The summed E-state index contributed by atoms with van der Waals surface area (Å²) < 4.78 is 7.29. The van der Waals surface area contributed by atoms with Gasteiger partial charge in [-0.1, -0.05) is 11.6 Å². The van der Waals surface area contributed by atoms with Gasteiger partial charge in [0.25, 0.3) is 0 Å². The van der Waals surface area contributed by atoms with Crippen LogP contribution in [0.2, 0.25) is 5.15 Å². The van der Waals surface area contributed by atoms with Gasteiger partial charge >= 0.3 is 0 Å². The minimum absolute atomic E-state index is 0.592. The number of rotatable bonds is 2. The molecule has 3 aromatic heterocycles. The molecule has 0 fully saturated rings. The summed E-state index contributed by atoms with van der Waals surface area (Å²) in [7, 11) is 0. The predicted octanol–water partition coefficient (Wildman–Crippen LogP) is 3.67. The Hall–Kier alpha value is -1.81. The van der Waals surface area contributed by atoms with Gasteiger partial charge in [-0.25, -0.2) is 9.97 Å². The normalized spacial score (nSPS) is 11.3. The van der Waals surface area contributed by atoms with Crippen LogP contribution in [0.1, 0.15) is 12.6 Å². The van der Waals surface area contributed by atoms with Crippen molar-refractivity contribution in [2.45, 2.75) is 20.4 Å². The molecule has 0 aromatic carbocycles. The molecular weight excluding hydrogens is 250 g/mol. The highest BCUT2D eigenvalue weighted by atomic mass is 35.5. The van der Waals surface area contributed by atoms with Crippen LogP contribution in [0.5, 0.6) is 0 Å². The SMILES string of the molecule is CCn1c(Cl)cc2c(C)nc(-c3ccco3)nc21. The topological polar surface area (TPSA) is 43.9 Å². The summed E-state index contributed by atoms with van der Waals surface area (Å²) in [4.78, 5) is 9.00. The summed E-state index contributed by atoms with van der Waals surface area (Å²) in [5.41, 5.74) is 1.75. The van der Waals surface area contributed by atoms with Gasteiger partial charge in [0.05, 0.1) is 12.0 Å². The van der Waals surface area contributed by atoms with Crippen LogP contribution in [0.15, 0.2) is 28.9 Å². The van der Waals surface area contributed by atoms with Crippen LogP contribution in [0.3, 0.4) is 0 Å². The van der Waals surface area contributed by atoms with Crippen molar-refractivity contribution in [2.24, 2.45) is 0 Å². The van der Waals surface area contributed by atoms with Crippen LogP contribution in [0, 0.1) is 6.92 Å². The number of nitrogens with zero attached hydrogens (tertiary/aromatic N) is 3. The Labute approximate surface area is 109 Å². The highest BCUT2D eigenvalue weighted by Gasteiger charge is 2.14. The summed E-state index contributed by atoms with van der Waals surface area (Å²) in [6, 6.07) is 5.58. The highest BCUT2D eigenvalue weighted by molar-refractivity contribution is 6.30. The van der Waals surface area contributed by atoms with E-state index < -0.39 is 0 Å². The second-order valence-corrected chi connectivity index (χ2v) is 4.45. The van der Waals surface area contributed by atoms with E-state index in [9.17, 15) is 0 Å². The Morgan fingerprint density at radius 1 is 1.39 bits per heavy atom. The molecule has 0 saturated carbocycles. The average molecular weight is 262 g/mol. The number of halogens is 1. The summed E-state index contributed by atoms with van der Waals surface area (Å²) in [6.45, 7) is 4.76. The number of hydrogen-bond acceptors (Lipinski definition) is 3. The summed E-state index contributed by atoms with van der Waals surface area (Å²) in [5.74, 6) is 1.26. The summed E-state index contributed by atoms with van der Waals surface area (Å²) in [5, 5.41) is 1.67. The van der Waals surface area contributed by atoms with Crippen molar-refractivity contribution in [3.63, 3.8) is 0 Å². The van der Waals surface area contributed by atoms with Gasteiger partial charge in [-0.15, -0.1) is 0 Å². The van der Waals surface area contributed by atoms with Crippen LogP contribution in [-0.4, -0.2) is 14.5 Å². The molecule has 0 unspecified atom stereocenters. The molecule has 18 heavy (non-hydrogen) atoms. The van der Waals surface area contributed by atoms with Crippen molar-refractivity contribution in [1.82, 2.24) is 14.5 Å². The summed E-state index contributed by atoms with van der Waals surface area (Å²) >= 11 is 6.19. The molecule has 0 aliphatic carbocycles. The number of hydrogen-bond donors (Lipinski definition) is 0. The molecule has 0 atom stereocenters. The van der Waals surface area contributed by atoms with Crippen molar-refractivity contribution >= 4 is 22.6 Å². The maximum Gasteiger partial charge on any atom is 0.197 e. The molecule has 4 nitrogen and oxygen atoms in total. The predicted molar refractivity (Wildman–Crippen MR) is 70.7 cm³/mol. The number of aromatic nitrogens is 3. The van der Waals surface area contributed by atoms with E-state index in [0.717, 1.165) is 23.3 Å². The molecular formula is C13H12ClN3O. The van der Waals surface area contributed by atoms with E-state index in [-0.39, 0.29) is 0 Å². The Morgan fingerprint density at radius 2 is 2.22 bits per heavy atom. The molecule has 0 amide bonds. The lowest BCUT2D eigenvalue weighted by molar-refractivity contribution is 0.577. The van der Waals surface area contributed by atoms with Gasteiger partial charge in [-0.2, -0.15) is 0 Å². The second kappa shape index (κ2) is 4.14. The molecule has 3 heterocycles. The fourth-order valence-electron chi connectivity index (χ4n) is 2.06. The van der Waals surface area contributed by atoms with E-state index in [1.165, 1.54) is 0 Å². The minimum Gasteiger partial charge on any atom is -0.461 e. The number of furan rings is 1. The monoisotopic (exact) mass is 261 g/mol. The molecule has 3 rings (SSSR count). The minimum atomic E-state index is 0.592. The molecule has 92 valence electrons. The van der Waals surface area contributed by atoms with Gasteiger partial charge in [0.1, 0.15) is 10.8 Å². The van der Waals surface area contributed by atoms with E-state index in [0.29, 0.717) is 16.7 Å². The third-order valence-corrected chi connectivity index (χ3v) is 3.26. The van der Waals surface area contributed by atoms with Crippen molar-refractivity contribution in [3.05, 3.63) is 35.3 Å². The zero-order valence-electron chi connectivity index (χ0n) is 10.1. The first kappa shape index (κ1) is 11.3. The first-order chi connectivity index (χ1) is 8.70. The third-order valence-electron chi connectivity index (χ3n) is 2.95. The highest BCUT2D eigenvalue weighted by Crippen LogP contribution is 2.26. The van der Waals surface area contributed by atoms with Gasteiger partial charge in [-0.3, -0.25) is 0 Å². The fraction of sp³-hybridized carbons (Fsp3) is 0.231. The van der Waals surface area contributed by atoms with Gasteiger partial charge < -0.3 is 8.98 Å². The Morgan fingerprint density at radius 3 is 2.89 bits per heavy atom. The molecule has 0 aliphatic heterocycles. The Balaban J connectivity index is 2.32. The standard InChI is InChI=1S/C13H12ClN3O/c1-3-17-11(14)7-9-8(2)15-12(16-13(9)17)10-5-4-6-18-10/h4-7H,3H2,1-2H3. The van der Waals surface area contributed by atoms with Gasteiger partial charge in [0.2, 0.25) is 0 Å². The summed E-state index contributed by atoms with van der Waals surface area (Å²) in [6.07, 6.45) is 1.62. The molecule has 0 saturated heterocycles. The van der Waals surface area contributed by atoms with Crippen LogP contribution < -0.4 is 0 Å². The van der Waals surface area contributed by atoms with Crippen molar-refractivity contribution in [2.75, 3.05) is 0 Å². The van der Waals surface area contributed by atoms with Crippen molar-refractivity contribution in [1.29, 1.82) is 0 Å². The smallest absolute Gasteiger partial charge is 0.197 e. The molecule has 5 heteroatoms. The van der Waals surface area contributed by atoms with Crippen molar-refractivity contribution in [3.8, 4) is 11.6 Å². The van der Waals surface area contributed by atoms with Gasteiger partial charge in [-0.05, 0) is 32.0 Å². The van der Waals surface area contributed by atoms with Crippen LogP contribution in [0.4, 0.5) is 0 Å². The third kappa shape index (κ3) is 1.61. The largest absolute Gasteiger partial charge is 0.461 e. The van der Waals surface area contributed by atoms with Crippen LogP contribution in [-0.2, 0) is 6.54 Å². The number of aryl methyl sites for hydroxylation is 2. The maximum absolute atomic E-state index is 6.19. The molecule has 0 spiro atoms. The maximum atomic E-state index is 6.19. The second-order valence-electron chi connectivity index (χ2n) is 4.06. The quantitative estimate of drug-likeness (QED) is 0.707. The zero-order valence-corrected chi connectivity index (χ0v) is 10.9. The molecule has 0 aliphatic rings. The fourth-order valence-corrected chi connectivity index (χ4v) is 2.36. The first-order valence-electron chi connectivity index (χ1n) is 5.78. The lowest BCUT2D eigenvalue weighted by atomic mass is 10.3. The van der Waals surface area contributed by atoms with E-state index >= 15 is 0 Å². The molecule has 0 N–H and O–H groups in total. The lowest BCUT2D eigenvalue weighted by Crippen LogP contribution is -1.99. The Bertz CT molecular complexity index is 701. The van der Waals surface area contributed by atoms with Crippen LogP contribution in [0.25, 0.3) is 22.6 Å². The average Bonchev–Trinajstić information content (AvgIpc) is 2.95. The molecule has 3 aromatic rings. The Kier molecular flexibility index (Phi) is 2.59. The van der Waals surface area contributed by atoms with E-state index in [1.54, 1.807) is 6.26 Å². The first-order valence-corrected chi connectivity index (χ1v) is 6.15. The zero-order chi connectivity index (χ0) is 12.7. The van der Waals surface area contributed by atoms with Crippen molar-refractivity contribution < 1.29 is 4.42 Å². The lowest BCUT2D eigenvalue weighted by Gasteiger charge is -2.04. The van der Waals surface area contributed by atoms with E-state index in [1.807, 2.05) is 36.6 Å². The van der Waals surface area contributed by atoms with E-state index in [2.05, 4.69) is 9.97 Å². The van der Waals surface area contributed by atoms with Crippen LogP contribution >= 0.6 is 11.6 Å². The molecule has 0 radical (unpaired) electrons. The van der Waals surface area contributed by atoms with Gasteiger partial charge in [0, 0.05) is 11.9 Å². The van der Waals surface area contributed by atoms with Gasteiger partial charge in [0.15, 0.2) is 11.6 Å². The number of fused-ring (bicyclic) bond motifs is 1. The molecule has 0 bridgehead atoms.